The van der Waals surface area contributed by atoms with Crippen LogP contribution in [0.25, 0.3) is 11.0 Å². The van der Waals surface area contributed by atoms with Crippen molar-refractivity contribution in [1.82, 2.24) is 20.3 Å². The molecule has 6 nitrogen and oxygen atoms in total. The molecule has 1 amide bonds. The van der Waals surface area contributed by atoms with E-state index in [1.54, 1.807) is 6.20 Å². The fourth-order valence-electron chi connectivity index (χ4n) is 3.27. The first-order chi connectivity index (χ1) is 11.3. The van der Waals surface area contributed by atoms with Gasteiger partial charge < -0.3 is 9.42 Å². The second kappa shape index (κ2) is 5.87. The monoisotopic (exact) mass is 310 g/mol. The Kier molecular flexibility index (Phi) is 3.57. The Balaban J connectivity index is 1.48. The standard InChI is InChI=1S/C17H18N4O2/c22-17(10-15-13-5-1-2-6-16(13)23-20-15)21-9-3-4-12(11-21)14-7-8-18-19-14/h1-2,5-8,12H,3-4,9-11H2,(H,18,19)/t12-/m1/s1. The lowest BCUT2D eigenvalue weighted by Crippen LogP contribution is -2.40. The Morgan fingerprint density at radius 3 is 3.13 bits per heavy atom. The molecule has 0 saturated carbocycles. The third kappa shape index (κ3) is 2.72. The summed E-state index contributed by atoms with van der Waals surface area (Å²) < 4.78 is 5.28. The van der Waals surface area contributed by atoms with E-state index in [2.05, 4.69) is 15.4 Å². The number of hydrogen-bond donors (Lipinski definition) is 1. The van der Waals surface area contributed by atoms with Gasteiger partial charge in [-0.15, -0.1) is 0 Å². The van der Waals surface area contributed by atoms with Gasteiger partial charge in [0.2, 0.25) is 5.91 Å². The first-order valence-corrected chi connectivity index (χ1v) is 7.91. The first-order valence-electron chi connectivity index (χ1n) is 7.91. The van der Waals surface area contributed by atoms with E-state index in [1.165, 1.54) is 0 Å². The van der Waals surface area contributed by atoms with Gasteiger partial charge >= 0.3 is 0 Å². The highest BCUT2D eigenvalue weighted by Crippen LogP contribution is 2.26. The van der Waals surface area contributed by atoms with E-state index in [0.717, 1.165) is 42.6 Å². The summed E-state index contributed by atoms with van der Waals surface area (Å²) in [6, 6.07) is 9.63. The maximum atomic E-state index is 12.6. The number of likely N-dealkylation sites (tertiary alicyclic amines) is 1. The van der Waals surface area contributed by atoms with Crippen LogP contribution >= 0.6 is 0 Å². The second-order valence-corrected chi connectivity index (χ2v) is 5.99. The van der Waals surface area contributed by atoms with Gasteiger partial charge in [-0.1, -0.05) is 17.3 Å². The predicted molar refractivity (Wildman–Crippen MR) is 84.9 cm³/mol. The Hall–Kier alpha value is -2.63. The number of H-pyrrole nitrogens is 1. The van der Waals surface area contributed by atoms with Crippen LogP contribution in [0, 0.1) is 0 Å². The van der Waals surface area contributed by atoms with Crippen LogP contribution in [-0.4, -0.2) is 39.3 Å². The molecule has 0 radical (unpaired) electrons. The Labute approximate surface area is 133 Å². The zero-order chi connectivity index (χ0) is 15.6. The minimum Gasteiger partial charge on any atom is -0.356 e. The molecule has 1 fully saturated rings. The van der Waals surface area contributed by atoms with Crippen molar-refractivity contribution in [2.75, 3.05) is 13.1 Å². The predicted octanol–water partition coefficient (Wildman–Crippen LogP) is 2.50. The van der Waals surface area contributed by atoms with Crippen LogP contribution in [-0.2, 0) is 11.2 Å². The Bertz CT molecular complexity index is 809. The minimum absolute atomic E-state index is 0.105. The molecule has 0 aliphatic carbocycles. The van der Waals surface area contributed by atoms with E-state index >= 15 is 0 Å². The largest absolute Gasteiger partial charge is 0.356 e. The van der Waals surface area contributed by atoms with Crippen LogP contribution in [0.1, 0.15) is 30.1 Å². The number of amides is 1. The SMILES string of the molecule is O=C(Cc1noc2ccccc12)N1CCC[C@@H](c2ccn[nH]2)C1. The van der Waals surface area contributed by atoms with Crippen LogP contribution in [0.3, 0.4) is 0 Å². The van der Waals surface area contributed by atoms with E-state index < -0.39 is 0 Å². The summed E-state index contributed by atoms with van der Waals surface area (Å²) in [5.41, 5.74) is 2.55. The summed E-state index contributed by atoms with van der Waals surface area (Å²) >= 11 is 0. The fraction of sp³-hybridized carbons (Fsp3) is 0.353. The molecule has 1 aliphatic heterocycles. The average molecular weight is 310 g/mol. The molecule has 1 aromatic carbocycles. The van der Waals surface area contributed by atoms with Crippen molar-refractivity contribution >= 4 is 16.9 Å². The van der Waals surface area contributed by atoms with Gasteiger partial charge in [-0.3, -0.25) is 9.89 Å². The Morgan fingerprint density at radius 1 is 1.35 bits per heavy atom. The third-order valence-corrected chi connectivity index (χ3v) is 4.51. The van der Waals surface area contributed by atoms with Crippen molar-refractivity contribution < 1.29 is 9.32 Å². The summed E-state index contributed by atoms with van der Waals surface area (Å²) in [7, 11) is 0. The van der Waals surface area contributed by atoms with Crippen molar-refractivity contribution in [3.05, 3.63) is 47.9 Å². The number of aromatic amines is 1. The number of carbonyl (C=O) groups is 1. The van der Waals surface area contributed by atoms with Crippen molar-refractivity contribution in [1.29, 1.82) is 0 Å². The van der Waals surface area contributed by atoms with Crippen LogP contribution in [0.2, 0.25) is 0 Å². The van der Waals surface area contributed by atoms with Crippen LogP contribution in [0.4, 0.5) is 0 Å². The normalized spacial score (nSPS) is 18.4. The maximum Gasteiger partial charge on any atom is 0.228 e. The van der Waals surface area contributed by atoms with E-state index in [4.69, 9.17) is 4.52 Å². The van der Waals surface area contributed by atoms with Gasteiger partial charge in [0, 0.05) is 36.3 Å². The summed E-state index contributed by atoms with van der Waals surface area (Å²) in [5, 5.41) is 12.0. The number of piperidine rings is 1. The molecule has 1 N–H and O–H groups in total. The lowest BCUT2D eigenvalue weighted by Gasteiger charge is -2.32. The molecular formula is C17H18N4O2. The summed E-state index contributed by atoms with van der Waals surface area (Å²) in [4.78, 5) is 14.6. The molecular weight excluding hydrogens is 292 g/mol. The number of nitrogens with zero attached hydrogens (tertiary/aromatic N) is 3. The number of rotatable bonds is 3. The number of para-hydroxylation sites is 1. The lowest BCUT2D eigenvalue weighted by atomic mass is 9.94. The number of aromatic nitrogens is 3. The summed E-state index contributed by atoms with van der Waals surface area (Å²) in [6.45, 7) is 1.54. The molecule has 6 heteroatoms. The summed E-state index contributed by atoms with van der Waals surface area (Å²) in [6.07, 6.45) is 4.14. The fourth-order valence-corrected chi connectivity index (χ4v) is 3.27. The van der Waals surface area contributed by atoms with Crippen LogP contribution in [0.15, 0.2) is 41.1 Å². The molecule has 3 aromatic rings. The molecule has 1 atom stereocenters. The van der Waals surface area contributed by atoms with Gasteiger partial charge in [-0.2, -0.15) is 5.10 Å². The van der Waals surface area contributed by atoms with Gasteiger partial charge in [0.15, 0.2) is 5.58 Å². The van der Waals surface area contributed by atoms with Gasteiger partial charge in [-0.25, -0.2) is 0 Å². The van der Waals surface area contributed by atoms with E-state index in [-0.39, 0.29) is 12.3 Å². The van der Waals surface area contributed by atoms with Crippen LogP contribution in [0.5, 0.6) is 0 Å². The minimum atomic E-state index is 0.105. The molecule has 1 saturated heterocycles. The molecule has 0 bridgehead atoms. The van der Waals surface area contributed by atoms with E-state index in [9.17, 15) is 4.79 Å². The molecule has 0 unspecified atom stereocenters. The molecule has 2 aromatic heterocycles. The average Bonchev–Trinajstić information content (AvgIpc) is 3.25. The van der Waals surface area contributed by atoms with Gasteiger partial charge in [0.05, 0.1) is 6.42 Å². The van der Waals surface area contributed by atoms with E-state index in [1.807, 2.05) is 35.2 Å². The maximum absolute atomic E-state index is 12.6. The molecule has 3 heterocycles. The molecule has 23 heavy (non-hydrogen) atoms. The van der Waals surface area contributed by atoms with E-state index in [0.29, 0.717) is 11.6 Å². The first kappa shape index (κ1) is 14.0. The highest BCUT2D eigenvalue weighted by molar-refractivity contribution is 5.86. The third-order valence-electron chi connectivity index (χ3n) is 4.51. The lowest BCUT2D eigenvalue weighted by molar-refractivity contribution is -0.131. The molecule has 1 aliphatic rings. The zero-order valence-electron chi connectivity index (χ0n) is 12.7. The van der Waals surface area contributed by atoms with Crippen molar-refractivity contribution in [2.24, 2.45) is 0 Å². The number of nitrogens with one attached hydrogen (secondary N) is 1. The highest BCUT2D eigenvalue weighted by Gasteiger charge is 2.26. The Morgan fingerprint density at radius 2 is 2.26 bits per heavy atom. The number of carbonyl (C=O) groups excluding carboxylic acids is 1. The number of hydrogen-bond acceptors (Lipinski definition) is 4. The number of fused-ring (bicyclic) bond motifs is 1. The van der Waals surface area contributed by atoms with Gasteiger partial charge in [0.25, 0.3) is 0 Å². The molecule has 0 spiro atoms. The van der Waals surface area contributed by atoms with Crippen molar-refractivity contribution in [3.63, 3.8) is 0 Å². The zero-order valence-corrected chi connectivity index (χ0v) is 12.7. The highest BCUT2D eigenvalue weighted by atomic mass is 16.5. The van der Waals surface area contributed by atoms with Crippen molar-refractivity contribution in [3.8, 4) is 0 Å². The molecule has 4 rings (SSSR count). The number of benzene rings is 1. The smallest absolute Gasteiger partial charge is 0.228 e. The van der Waals surface area contributed by atoms with Gasteiger partial charge in [-0.05, 0) is 31.0 Å². The van der Waals surface area contributed by atoms with Crippen LogP contribution < -0.4 is 0 Å². The topological polar surface area (TPSA) is 75.0 Å². The second-order valence-electron chi connectivity index (χ2n) is 5.99. The van der Waals surface area contributed by atoms with Gasteiger partial charge in [0.1, 0.15) is 5.69 Å². The quantitative estimate of drug-likeness (QED) is 0.806. The summed E-state index contributed by atoms with van der Waals surface area (Å²) in [5.74, 6) is 0.442. The molecule has 118 valence electrons. The van der Waals surface area contributed by atoms with Crippen molar-refractivity contribution in [2.45, 2.75) is 25.2 Å².